The molecule has 0 saturated heterocycles. The van der Waals surface area contributed by atoms with Crippen molar-refractivity contribution < 1.29 is 9.53 Å². The van der Waals surface area contributed by atoms with Gasteiger partial charge in [0.15, 0.2) is 0 Å². The standard InChI is InChI=1S/C21H22ClN3O2/c1-14-4-9-18(27-3)16(12-14)13-19(26)24-20(21-23-10-11-25(21)2)15-5-7-17(22)8-6-15/h4-12,20H,13H2,1-3H3,(H,24,26)/t20-/m0/s1. The van der Waals surface area contributed by atoms with Crippen LogP contribution in [0.2, 0.25) is 5.02 Å². The molecule has 1 amide bonds. The summed E-state index contributed by atoms with van der Waals surface area (Å²) in [6.07, 6.45) is 3.79. The molecule has 0 aliphatic heterocycles. The van der Waals surface area contributed by atoms with E-state index in [1.54, 1.807) is 13.3 Å². The Kier molecular flexibility index (Phi) is 5.81. The monoisotopic (exact) mass is 383 g/mol. The Morgan fingerprint density at radius 2 is 2.00 bits per heavy atom. The highest BCUT2D eigenvalue weighted by Crippen LogP contribution is 2.24. The third-order valence-electron chi connectivity index (χ3n) is 4.41. The first-order chi connectivity index (χ1) is 13.0. The number of halogens is 1. The summed E-state index contributed by atoms with van der Waals surface area (Å²) in [5, 5.41) is 3.74. The molecule has 140 valence electrons. The zero-order chi connectivity index (χ0) is 19.4. The molecule has 0 aliphatic rings. The van der Waals surface area contributed by atoms with E-state index in [2.05, 4.69) is 10.3 Å². The highest BCUT2D eigenvalue weighted by molar-refractivity contribution is 6.30. The smallest absolute Gasteiger partial charge is 0.225 e. The van der Waals surface area contributed by atoms with Gasteiger partial charge in [0.05, 0.1) is 13.5 Å². The lowest BCUT2D eigenvalue weighted by molar-refractivity contribution is -0.121. The fourth-order valence-electron chi connectivity index (χ4n) is 3.04. The van der Waals surface area contributed by atoms with Crippen molar-refractivity contribution in [2.75, 3.05) is 7.11 Å². The first-order valence-corrected chi connectivity index (χ1v) is 9.01. The van der Waals surface area contributed by atoms with Crippen LogP contribution >= 0.6 is 11.6 Å². The summed E-state index contributed by atoms with van der Waals surface area (Å²) < 4.78 is 7.28. The predicted octanol–water partition coefficient (Wildman–Crippen LogP) is 3.84. The van der Waals surface area contributed by atoms with Gasteiger partial charge in [-0.2, -0.15) is 0 Å². The van der Waals surface area contributed by atoms with E-state index in [1.807, 2.05) is 67.2 Å². The molecule has 0 spiro atoms. The maximum Gasteiger partial charge on any atom is 0.225 e. The van der Waals surface area contributed by atoms with Gasteiger partial charge in [-0.25, -0.2) is 4.98 Å². The van der Waals surface area contributed by atoms with Gasteiger partial charge < -0.3 is 14.6 Å². The summed E-state index contributed by atoms with van der Waals surface area (Å²) in [4.78, 5) is 17.2. The van der Waals surface area contributed by atoms with Gasteiger partial charge in [0.25, 0.3) is 0 Å². The molecule has 1 atom stereocenters. The second kappa shape index (κ2) is 8.27. The molecule has 0 saturated carbocycles. The first kappa shape index (κ1) is 19.0. The summed E-state index contributed by atoms with van der Waals surface area (Å²) in [5.74, 6) is 1.35. The second-order valence-electron chi connectivity index (χ2n) is 6.44. The number of nitrogens with zero attached hydrogens (tertiary/aromatic N) is 2. The van der Waals surface area contributed by atoms with Crippen LogP contribution in [0.4, 0.5) is 0 Å². The molecule has 5 nitrogen and oxygen atoms in total. The van der Waals surface area contributed by atoms with Crippen LogP contribution in [0, 0.1) is 6.92 Å². The van der Waals surface area contributed by atoms with Gasteiger partial charge in [-0.3, -0.25) is 4.79 Å². The number of carbonyl (C=O) groups excluding carboxylic acids is 1. The molecule has 0 fully saturated rings. The van der Waals surface area contributed by atoms with E-state index in [0.29, 0.717) is 10.8 Å². The number of aromatic nitrogens is 2. The summed E-state index contributed by atoms with van der Waals surface area (Å²) >= 11 is 6.01. The maximum atomic E-state index is 12.8. The molecule has 0 radical (unpaired) electrons. The van der Waals surface area contributed by atoms with E-state index < -0.39 is 0 Å². The summed E-state index contributed by atoms with van der Waals surface area (Å²) in [6, 6.07) is 12.9. The van der Waals surface area contributed by atoms with Gasteiger partial charge in [0.2, 0.25) is 5.91 Å². The Morgan fingerprint density at radius 1 is 1.26 bits per heavy atom. The fraction of sp³-hybridized carbons (Fsp3) is 0.238. The van der Waals surface area contributed by atoms with E-state index in [1.165, 1.54) is 0 Å². The minimum absolute atomic E-state index is 0.109. The third-order valence-corrected chi connectivity index (χ3v) is 4.66. The van der Waals surface area contributed by atoms with Crippen molar-refractivity contribution in [3.05, 3.63) is 82.4 Å². The molecule has 0 aliphatic carbocycles. The third kappa shape index (κ3) is 4.49. The van der Waals surface area contributed by atoms with Gasteiger partial charge in [0.1, 0.15) is 17.6 Å². The van der Waals surface area contributed by atoms with Crippen molar-refractivity contribution in [2.24, 2.45) is 7.05 Å². The number of amides is 1. The number of hydrogen-bond acceptors (Lipinski definition) is 3. The van der Waals surface area contributed by atoms with Crippen molar-refractivity contribution in [3.63, 3.8) is 0 Å². The SMILES string of the molecule is COc1ccc(C)cc1CC(=O)N[C@@H](c1ccc(Cl)cc1)c1nccn1C. The molecule has 2 aromatic carbocycles. The van der Waals surface area contributed by atoms with Crippen molar-refractivity contribution in [1.29, 1.82) is 0 Å². The average molecular weight is 384 g/mol. The molecule has 1 heterocycles. The van der Waals surface area contributed by atoms with Gasteiger partial charge >= 0.3 is 0 Å². The molecule has 0 unspecified atom stereocenters. The van der Waals surface area contributed by atoms with Crippen LogP contribution in [-0.2, 0) is 18.3 Å². The van der Waals surface area contributed by atoms with Crippen molar-refractivity contribution in [1.82, 2.24) is 14.9 Å². The number of methoxy groups -OCH3 is 1. The van der Waals surface area contributed by atoms with Crippen LogP contribution in [-0.4, -0.2) is 22.6 Å². The van der Waals surface area contributed by atoms with Crippen LogP contribution in [0.5, 0.6) is 5.75 Å². The Hall–Kier alpha value is -2.79. The Bertz CT molecular complexity index is 935. The molecule has 1 aromatic heterocycles. The molecule has 6 heteroatoms. The number of imidazole rings is 1. The van der Waals surface area contributed by atoms with Crippen LogP contribution in [0.25, 0.3) is 0 Å². The number of aryl methyl sites for hydroxylation is 2. The quantitative estimate of drug-likeness (QED) is 0.703. The molecular weight excluding hydrogens is 362 g/mol. The molecule has 0 bridgehead atoms. The number of rotatable bonds is 6. The predicted molar refractivity (Wildman–Crippen MR) is 106 cm³/mol. The van der Waals surface area contributed by atoms with Crippen molar-refractivity contribution in [2.45, 2.75) is 19.4 Å². The Balaban J connectivity index is 1.86. The number of carbonyl (C=O) groups is 1. The number of nitrogens with one attached hydrogen (secondary N) is 1. The lowest BCUT2D eigenvalue weighted by atomic mass is 10.0. The second-order valence-corrected chi connectivity index (χ2v) is 6.88. The van der Waals surface area contributed by atoms with Crippen molar-refractivity contribution in [3.8, 4) is 5.75 Å². The van der Waals surface area contributed by atoms with Crippen LogP contribution in [0.1, 0.15) is 28.6 Å². The van der Waals surface area contributed by atoms with Gasteiger partial charge in [-0.05, 0) is 30.7 Å². The minimum Gasteiger partial charge on any atom is -0.496 e. The number of ether oxygens (including phenoxy) is 1. The number of hydrogen-bond donors (Lipinski definition) is 1. The van der Waals surface area contributed by atoms with Crippen molar-refractivity contribution >= 4 is 17.5 Å². The molecule has 1 N–H and O–H groups in total. The topological polar surface area (TPSA) is 56.1 Å². The molecule has 3 rings (SSSR count). The van der Waals surface area contributed by atoms with E-state index >= 15 is 0 Å². The molecular formula is C21H22ClN3O2. The average Bonchev–Trinajstić information content (AvgIpc) is 3.06. The minimum atomic E-state index is -0.370. The highest BCUT2D eigenvalue weighted by atomic mass is 35.5. The van der Waals surface area contributed by atoms with E-state index in [9.17, 15) is 4.79 Å². The summed E-state index contributed by atoms with van der Waals surface area (Å²) in [6.45, 7) is 1.99. The van der Waals surface area contributed by atoms with E-state index in [0.717, 1.165) is 22.5 Å². The van der Waals surface area contributed by atoms with Crippen LogP contribution in [0.15, 0.2) is 54.9 Å². The Labute approximate surface area is 164 Å². The van der Waals surface area contributed by atoms with Gasteiger partial charge in [0, 0.05) is 30.0 Å². The van der Waals surface area contributed by atoms with E-state index in [4.69, 9.17) is 16.3 Å². The molecule has 27 heavy (non-hydrogen) atoms. The normalized spacial score (nSPS) is 11.9. The first-order valence-electron chi connectivity index (χ1n) is 8.63. The lowest BCUT2D eigenvalue weighted by Gasteiger charge is -2.20. The summed E-state index contributed by atoms with van der Waals surface area (Å²) in [7, 11) is 3.51. The van der Waals surface area contributed by atoms with Gasteiger partial charge in [-0.1, -0.05) is 41.4 Å². The fourth-order valence-corrected chi connectivity index (χ4v) is 3.16. The summed E-state index contributed by atoms with van der Waals surface area (Å²) in [5.41, 5.74) is 2.85. The zero-order valence-electron chi connectivity index (χ0n) is 15.6. The van der Waals surface area contributed by atoms with Gasteiger partial charge in [-0.15, -0.1) is 0 Å². The highest BCUT2D eigenvalue weighted by Gasteiger charge is 2.21. The Morgan fingerprint density at radius 3 is 2.63 bits per heavy atom. The van der Waals surface area contributed by atoms with Crippen LogP contribution in [0.3, 0.4) is 0 Å². The largest absolute Gasteiger partial charge is 0.496 e. The zero-order valence-corrected chi connectivity index (χ0v) is 16.3. The van der Waals surface area contributed by atoms with Crippen LogP contribution < -0.4 is 10.1 Å². The number of benzene rings is 2. The van der Waals surface area contributed by atoms with E-state index in [-0.39, 0.29) is 18.4 Å². The lowest BCUT2D eigenvalue weighted by Crippen LogP contribution is -2.32. The molecule has 3 aromatic rings. The maximum absolute atomic E-state index is 12.8.